The average Bonchev–Trinajstić information content (AvgIpc) is 3.01. The Morgan fingerprint density at radius 3 is 2.33 bits per heavy atom. The minimum atomic E-state index is -1.29. The fourth-order valence-electron chi connectivity index (χ4n) is 2.32. The van der Waals surface area contributed by atoms with Gasteiger partial charge in [-0.05, 0) is 20.8 Å². The van der Waals surface area contributed by atoms with Crippen LogP contribution >= 0.6 is 0 Å². The van der Waals surface area contributed by atoms with E-state index >= 15 is 0 Å². The van der Waals surface area contributed by atoms with E-state index < -0.39 is 35.1 Å². The highest BCUT2D eigenvalue weighted by molar-refractivity contribution is 5.98. The van der Waals surface area contributed by atoms with Crippen molar-refractivity contribution in [2.75, 3.05) is 6.54 Å². The highest BCUT2D eigenvalue weighted by Gasteiger charge is 2.43. The third-order valence-electron chi connectivity index (χ3n) is 3.46. The van der Waals surface area contributed by atoms with Crippen molar-refractivity contribution in [3.8, 4) is 0 Å². The molecule has 1 aliphatic heterocycles. The highest BCUT2D eigenvalue weighted by atomic mass is 19.1. The Bertz CT molecular complexity index is 630. The molecule has 1 amide bonds. The van der Waals surface area contributed by atoms with Crippen molar-refractivity contribution < 1.29 is 23.1 Å². The number of Topliss-reactive ketones (excluding diaryl/α,β-unsaturated/α-hetero) is 1. The van der Waals surface area contributed by atoms with Crippen LogP contribution in [0.4, 0.5) is 9.18 Å². The zero-order chi connectivity index (χ0) is 18.3. The van der Waals surface area contributed by atoms with Gasteiger partial charge in [-0.25, -0.2) is 9.18 Å². The molecular weight excluding hydrogens is 317 g/mol. The molecule has 1 aromatic rings. The molecule has 24 heavy (non-hydrogen) atoms. The summed E-state index contributed by atoms with van der Waals surface area (Å²) in [5.41, 5.74) is -1.14. The molecule has 2 heterocycles. The van der Waals surface area contributed by atoms with Gasteiger partial charge < -0.3 is 9.15 Å². The molecular formula is C16H24FN3O4. The number of carbonyl (C=O) groups excluding carboxylic acids is 2. The number of ether oxygens (including phenoxy) is 1. The summed E-state index contributed by atoms with van der Waals surface area (Å²) in [6.07, 6.45) is -2.13. The van der Waals surface area contributed by atoms with Crippen LogP contribution in [-0.4, -0.2) is 51.3 Å². The zero-order valence-electron chi connectivity index (χ0n) is 14.9. The van der Waals surface area contributed by atoms with Gasteiger partial charge in [-0.1, -0.05) is 20.8 Å². The smallest absolute Gasteiger partial charge is 0.411 e. The first kappa shape index (κ1) is 18.4. The number of carbonyl (C=O) groups is 2. The van der Waals surface area contributed by atoms with E-state index in [0.717, 1.165) is 4.90 Å². The Morgan fingerprint density at radius 2 is 1.83 bits per heavy atom. The number of hydrogen-bond acceptors (Lipinski definition) is 6. The molecule has 1 fully saturated rings. The summed E-state index contributed by atoms with van der Waals surface area (Å²) in [6.45, 7) is 10.5. The van der Waals surface area contributed by atoms with Crippen LogP contribution in [0.1, 0.15) is 64.5 Å². The van der Waals surface area contributed by atoms with Gasteiger partial charge in [-0.15, -0.1) is 10.2 Å². The minimum absolute atomic E-state index is 0.106. The lowest BCUT2D eigenvalue weighted by Crippen LogP contribution is -2.43. The maximum absolute atomic E-state index is 13.8. The number of nitrogens with zero attached hydrogens (tertiary/aromatic N) is 3. The Kier molecular flexibility index (Phi) is 4.70. The third-order valence-corrected chi connectivity index (χ3v) is 3.46. The van der Waals surface area contributed by atoms with Crippen molar-refractivity contribution in [2.45, 2.75) is 71.2 Å². The Labute approximate surface area is 140 Å². The van der Waals surface area contributed by atoms with Crippen molar-refractivity contribution in [2.24, 2.45) is 0 Å². The predicted octanol–water partition coefficient (Wildman–Crippen LogP) is 2.90. The first-order chi connectivity index (χ1) is 10.9. The standard InChI is InChI=1S/C16H24FN3O4/c1-15(2,3)13-19-18-12(23-13)11(21)10-7-9(17)8-20(10)14(22)24-16(4,5)6/h9-10H,7-8H2,1-6H3/t9-,10-/m0/s1. The molecule has 7 nitrogen and oxygen atoms in total. The summed E-state index contributed by atoms with van der Waals surface area (Å²) in [5.74, 6) is -0.471. The summed E-state index contributed by atoms with van der Waals surface area (Å²) < 4.78 is 24.5. The van der Waals surface area contributed by atoms with Gasteiger partial charge in [0.25, 0.3) is 5.89 Å². The SMILES string of the molecule is CC(C)(C)OC(=O)N1C[C@@H](F)C[C@H]1C(=O)c1nnc(C(C)(C)C)o1. The van der Waals surface area contributed by atoms with Crippen molar-refractivity contribution in [3.63, 3.8) is 0 Å². The fourth-order valence-corrected chi connectivity index (χ4v) is 2.32. The predicted molar refractivity (Wildman–Crippen MR) is 83.6 cm³/mol. The summed E-state index contributed by atoms with van der Waals surface area (Å²) >= 11 is 0. The average molecular weight is 341 g/mol. The molecule has 1 aromatic heterocycles. The molecule has 8 heteroatoms. The van der Waals surface area contributed by atoms with Crippen LogP contribution in [0.2, 0.25) is 0 Å². The normalized spacial score (nSPS) is 21.9. The lowest BCUT2D eigenvalue weighted by Gasteiger charge is -2.27. The maximum Gasteiger partial charge on any atom is 0.411 e. The number of hydrogen-bond donors (Lipinski definition) is 0. The first-order valence-corrected chi connectivity index (χ1v) is 7.90. The van der Waals surface area contributed by atoms with Crippen molar-refractivity contribution in [3.05, 3.63) is 11.8 Å². The second-order valence-electron chi connectivity index (χ2n) is 8.01. The third kappa shape index (κ3) is 4.10. The lowest BCUT2D eigenvalue weighted by atomic mass is 9.97. The number of halogens is 1. The van der Waals surface area contributed by atoms with E-state index in [9.17, 15) is 14.0 Å². The summed E-state index contributed by atoms with van der Waals surface area (Å²) in [4.78, 5) is 25.9. The largest absolute Gasteiger partial charge is 0.444 e. The first-order valence-electron chi connectivity index (χ1n) is 7.90. The number of rotatable bonds is 2. The monoisotopic (exact) mass is 341 g/mol. The molecule has 0 N–H and O–H groups in total. The van der Waals surface area contributed by atoms with E-state index in [2.05, 4.69) is 10.2 Å². The van der Waals surface area contributed by atoms with E-state index in [0.29, 0.717) is 5.89 Å². The van der Waals surface area contributed by atoms with Gasteiger partial charge in [0, 0.05) is 11.8 Å². The van der Waals surface area contributed by atoms with Gasteiger partial charge >= 0.3 is 6.09 Å². The quantitative estimate of drug-likeness (QED) is 0.769. The lowest BCUT2D eigenvalue weighted by molar-refractivity contribution is 0.0211. The van der Waals surface area contributed by atoms with Crippen LogP contribution in [0.25, 0.3) is 0 Å². The zero-order valence-corrected chi connectivity index (χ0v) is 14.9. The number of aromatic nitrogens is 2. The van der Waals surface area contributed by atoms with Gasteiger partial charge in [0.1, 0.15) is 17.8 Å². The second kappa shape index (κ2) is 6.14. The molecule has 0 aliphatic carbocycles. The van der Waals surface area contributed by atoms with Crippen LogP contribution in [0, 0.1) is 0 Å². The Hall–Kier alpha value is -1.99. The van der Waals surface area contributed by atoms with E-state index in [4.69, 9.17) is 9.15 Å². The molecule has 1 saturated heterocycles. The van der Waals surface area contributed by atoms with Gasteiger partial charge in [0.2, 0.25) is 11.7 Å². The molecule has 0 aromatic carbocycles. The van der Waals surface area contributed by atoms with Crippen LogP contribution in [-0.2, 0) is 10.2 Å². The van der Waals surface area contributed by atoms with E-state index in [1.807, 2.05) is 20.8 Å². The van der Waals surface area contributed by atoms with Crippen LogP contribution < -0.4 is 0 Å². The summed E-state index contributed by atoms with van der Waals surface area (Å²) in [5, 5.41) is 7.62. The fraction of sp³-hybridized carbons (Fsp3) is 0.750. The number of ketones is 1. The van der Waals surface area contributed by atoms with Gasteiger partial charge in [-0.2, -0.15) is 0 Å². The van der Waals surface area contributed by atoms with Crippen molar-refractivity contribution in [1.82, 2.24) is 15.1 Å². The van der Waals surface area contributed by atoms with E-state index in [1.165, 1.54) is 0 Å². The second-order valence-corrected chi connectivity index (χ2v) is 8.01. The molecule has 0 spiro atoms. The Morgan fingerprint density at radius 1 is 1.21 bits per heavy atom. The number of likely N-dealkylation sites (tertiary alicyclic amines) is 1. The topological polar surface area (TPSA) is 85.5 Å². The maximum atomic E-state index is 13.8. The minimum Gasteiger partial charge on any atom is -0.444 e. The van der Waals surface area contributed by atoms with Gasteiger partial charge in [-0.3, -0.25) is 9.69 Å². The van der Waals surface area contributed by atoms with Crippen molar-refractivity contribution in [1.29, 1.82) is 0 Å². The molecule has 1 aliphatic rings. The van der Waals surface area contributed by atoms with E-state index in [-0.39, 0.29) is 18.9 Å². The molecule has 0 unspecified atom stereocenters. The van der Waals surface area contributed by atoms with Crippen molar-refractivity contribution >= 4 is 11.9 Å². The summed E-state index contributed by atoms with van der Waals surface area (Å²) in [7, 11) is 0. The highest BCUT2D eigenvalue weighted by Crippen LogP contribution is 2.27. The Balaban J connectivity index is 2.20. The van der Waals surface area contributed by atoms with Crippen LogP contribution in [0.15, 0.2) is 4.42 Å². The molecule has 0 radical (unpaired) electrons. The number of amides is 1. The van der Waals surface area contributed by atoms with Gasteiger partial charge in [0.15, 0.2) is 0 Å². The molecule has 2 rings (SSSR count). The molecule has 134 valence electrons. The number of alkyl halides is 1. The van der Waals surface area contributed by atoms with Gasteiger partial charge in [0.05, 0.1) is 6.54 Å². The van der Waals surface area contributed by atoms with Crippen LogP contribution in [0.3, 0.4) is 0 Å². The van der Waals surface area contributed by atoms with E-state index in [1.54, 1.807) is 20.8 Å². The molecule has 2 atom stereocenters. The summed E-state index contributed by atoms with van der Waals surface area (Å²) in [6, 6.07) is -0.997. The molecule has 0 saturated carbocycles. The molecule has 0 bridgehead atoms. The van der Waals surface area contributed by atoms with Crippen LogP contribution in [0.5, 0.6) is 0 Å².